The summed E-state index contributed by atoms with van der Waals surface area (Å²) in [5.41, 5.74) is 6.70. The number of hydrogen-bond donors (Lipinski definition) is 0. The number of methoxy groups -OCH3 is 1. The first-order valence-electron chi connectivity index (χ1n) is 7.77. The van der Waals surface area contributed by atoms with Crippen molar-refractivity contribution in [2.24, 2.45) is 0 Å². The van der Waals surface area contributed by atoms with Crippen molar-refractivity contribution in [1.29, 1.82) is 0 Å². The summed E-state index contributed by atoms with van der Waals surface area (Å²) < 4.78 is 7.55. The van der Waals surface area contributed by atoms with Gasteiger partial charge in [0.2, 0.25) is 0 Å². The van der Waals surface area contributed by atoms with Crippen LogP contribution in [0.25, 0.3) is 16.9 Å². The fraction of sp³-hybridized carbons (Fsp3) is 0.316. The number of benzene rings is 1. The smallest absolute Gasteiger partial charge is 0.137 e. The summed E-state index contributed by atoms with van der Waals surface area (Å²) in [4.78, 5) is 7.06. The second-order valence-electron chi connectivity index (χ2n) is 6.26. The zero-order chi connectivity index (χ0) is 16.6. The minimum atomic E-state index is 0.838. The minimum absolute atomic E-state index is 0.838. The Morgan fingerprint density at radius 3 is 2.57 bits per heavy atom. The van der Waals surface area contributed by atoms with Gasteiger partial charge in [-0.1, -0.05) is 0 Å². The molecule has 0 radical (unpaired) electrons. The zero-order valence-corrected chi connectivity index (χ0v) is 14.4. The summed E-state index contributed by atoms with van der Waals surface area (Å²) >= 11 is 0. The number of fused-ring (bicyclic) bond motifs is 1. The maximum absolute atomic E-state index is 5.37. The molecule has 0 amide bonds. The molecular formula is C19H23N3O. The van der Waals surface area contributed by atoms with Crippen LogP contribution in [0.4, 0.5) is 0 Å². The highest BCUT2D eigenvalue weighted by atomic mass is 16.5. The van der Waals surface area contributed by atoms with Crippen LogP contribution in [0.1, 0.15) is 16.8 Å². The van der Waals surface area contributed by atoms with E-state index in [9.17, 15) is 0 Å². The molecule has 0 spiro atoms. The molecule has 0 unspecified atom stereocenters. The number of imidazole rings is 1. The van der Waals surface area contributed by atoms with Gasteiger partial charge in [-0.25, -0.2) is 4.98 Å². The molecule has 0 N–H and O–H groups in total. The Morgan fingerprint density at radius 2 is 1.91 bits per heavy atom. The maximum Gasteiger partial charge on any atom is 0.137 e. The van der Waals surface area contributed by atoms with Gasteiger partial charge >= 0.3 is 0 Å². The highest BCUT2D eigenvalue weighted by Crippen LogP contribution is 2.29. The molecule has 0 aliphatic heterocycles. The summed E-state index contributed by atoms with van der Waals surface area (Å²) in [5, 5.41) is 0. The van der Waals surface area contributed by atoms with Crippen molar-refractivity contribution in [3.05, 3.63) is 53.3 Å². The number of ether oxygens (including phenoxy) is 1. The first-order chi connectivity index (χ1) is 11.0. The molecule has 3 rings (SSSR count). The van der Waals surface area contributed by atoms with Gasteiger partial charge in [0, 0.05) is 18.3 Å². The number of rotatable bonds is 4. The Morgan fingerprint density at radius 1 is 1.13 bits per heavy atom. The van der Waals surface area contributed by atoms with Gasteiger partial charge in [-0.3, -0.25) is 0 Å². The second-order valence-corrected chi connectivity index (χ2v) is 6.26. The summed E-state index contributed by atoms with van der Waals surface area (Å²) in [6.07, 6.45) is 2.11. The predicted molar refractivity (Wildman–Crippen MR) is 94.0 cm³/mol. The van der Waals surface area contributed by atoms with Crippen LogP contribution in [0.15, 0.2) is 36.5 Å². The Bertz CT molecular complexity index is 849. The molecule has 3 aromatic rings. The number of pyridine rings is 1. The van der Waals surface area contributed by atoms with Crippen LogP contribution in [-0.4, -0.2) is 35.5 Å². The van der Waals surface area contributed by atoms with Gasteiger partial charge in [0.15, 0.2) is 0 Å². The SMILES string of the molecule is COc1ccc(-c2nc3cc(C)ccn3c2CN(C)C)cc1C. The third-order valence-electron chi connectivity index (χ3n) is 4.01. The van der Waals surface area contributed by atoms with Crippen LogP contribution in [0.2, 0.25) is 0 Å². The average molecular weight is 309 g/mol. The highest BCUT2D eigenvalue weighted by Gasteiger charge is 2.15. The molecule has 2 heterocycles. The van der Waals surface area contributed by atoms with Crippen molar-refractivity contribution in [2.75, 3.05) is 21.2 Å². The molecule has 120 valence electrons. The summed E-state index contributed by atoms with van der Waals surface area (Å²) in [5.74, 6) is 0.905. The first kappa shape index (κ1) is 15.6. The summed E-state index contributed by atoms with van der Waals surface area (Å²) in [6.45, 7) is 5.00. The number of nitrogens with zero attached hydrogens (tertiary/aromatic N) is 3. The van der Waals surface area contributed by atoms with Crippen molar-refractivity contribution in [1.82, 2.24) is 14.3 Å². The highest BCUT2D eigenvalue weighted by molar-refractivity contribution is 5.68. The lowest BCUT2D eigenvalue weighted by Gasteiger charge is -2.12. The Labute approximate surface area is 137 Å². The summed E-state index contributed by atoms with van der Waals surface area (Å²) in [7, 11) is 5.86. The summed E-state index contributed by atoms with van der Waals surface area (Å²) in [6, 6.07) is 10.5. The molecule has 23 heavy (non-hydrogen) atoms. The first-order valence-corrected chi connectivity index (χ1v) is 7.77. The van der Waals surface area contributed by atoms with E-state index in [1.54, 1.807) is 7.11 Å². The Balaban J connectivity index is 2.21. The average Bonchev–Trinajstić information content (AvgIpc) is 2.84. The molecule has 1 aromatic carbocycles. The second kappa shape index (κ2) is 6.05. The number of aryl methyl sites for hydroxylation is 2. The van der Waals surface area contributed by atoms with Gasteiger partial charge < -0.3 is 14.0 Å². The van der Waals surface area contributed by atoms with Gasteiger partial charge in [-0.05, 0) is 69.4 Å². The molecule has 4 heteroatoms. The molecule has 0 fully saturated rings. The lowest BCUT2D eigenvalue weighted by molar-refractivity contribution is 0.396. The minimum Gasteiger partial charge on any atom is -0.496 e. The number of hydrogen-bond acceptors (Lipinski definition) is 3. The van der Waals surface area contributed by atoms with Crippen molar-refractivity contribution in [2.45, 2.75) is 20.4 Å². The van der Waals surface area contributed by atoms with Crippen molar-refractivity contribution in [3.8, 4) is 17.0 Å². The standard InChI is InChI=1S/C19H23N3O/c1-13-8-9-22-16(12-21(3)4)19(20-18(22)10-13)15-6-7-17(23-5)14(2)11-15/h6-11H,12H2,1-5H3. The zero-order valence-electron chi connectivity index (χ0n) is 14.4. The molecule has 2 aromatic heterocycles. The topological polar surface area (TPSA) is 29.8 Å². The van der Waals surface area contributed by atoms with Gasteiger partial charge in [-0.2, -0.15) is 0 Å². The van der Waals surface area contributed by atoms with Crippen LogP contribution >= 0.6 is 0 Å². The van der Waals surface area contributed by atoms with E-state index in [1.807, 2.05) is 6.07 Å². The quantitative estimate of drug-likeness (QED) is 0.736. The van der Waals surface area contributed by atoms with Gasteiger partial charge in [0.25, 0.3) is 0 Å². The van der Waals surface area contributed by atoms with Crippen LogP contribution in [0, 0.1) is 13.8 Å². The monoisotopic (exact) mass is 309 g/mol. The molecule has 0 aliphatic carbocycles. The van der Waals surface area contributed by atoms with E-state index in [-0.39, 0.29) is 0 Å². The molecular weight excluding hydrogens is 286 g/mol. The van der Waals surface area contributed by atoms with E-state index in [4.69, 9.17) is 9.72 Å². The van der Waals surface area contributed by atoms with E-state index < -0.39 is 0 Å². The normalized spacial score (nSPS) is 11.4. The number of aromatic nitrogens is 2. The van der Waals surface area contributed by atoms with Crippen LogP contribution in [0.3, 0.4) is 0 Å². The molecule has 0 saturated carbocycles. The predicted octanol–water partition coefficient (Wildman–Crippen LogP) is 3.69. The third kappa shape index (κ3) is 2.94. The van der Waals surface area contributed by atoms with Crippen molar-refractivity contribution >= 4 is 5.65 Å². The molecule has 0 saturated heterocycles. The van der Waals surface area contributed by atoms with E-state index >= 15 is 0 Å². The van der Waals surface area contributed by atoms with Crippen LogP contribution < -0.4 is 4.74 Å². The van der Waals surface area contributed by atoms with E-state index in [2.05, 4.69) is 67.7 Å². The maximum atomic E-state index is 5.37. The van der Waals surface area contributed by atoms with E-state index in [0.717, 1.165) is 34.8 Å². The Kier molecular flexibility index (Phi) is 4.09. The molecule has 0 bridgehead atoms. The lowest BCUT2D eigenvalue weighted by Crippen LogP contribution is -2.13. The van der Waals surface area contributed by atoms with E-state index in [1.165, 1.54) is 11.3 Å². The van der Waals surface area contributed by atoms with Crippen LogP contribution in [0.5, 0.6) is 5.75 Å². The lowest BCUT2D eigenvalue weighted by atomic mass is 10.1. The van der Waals surface area contributed by atoms with Crippen LogP contribution in [-0.2, 0) is 6.54 Å². The van der Waals surface area contributed by atoms with Gasteiger partial charge in [-0.15, -0.1) is 0 Å². The van der Waals surface area contributed by atoms with Gasteiger partial charge in [0.1, 0.15) is 11.4 Å². The fourth-order valence-electron chi connectivity index (χ4n) is 2.90. The Hall–Kier alpha value is -2.33. The van der Waals surface area contributed by atoms with Crippen molar-refractivity contribution < 1.29 is 4.74 Å². The fourth-order valence-corrected chi connectivity index (χ4v) is 2.90. The van der Waals surface area contributed by atoms with Crippen molar-refractivity contribution in [3.63, 3.8) is 0 Å². The molecule has 4 nitrogen and oxygen atoms in total. The van der Waals surface area contributed by atoms with E-state index in [0.29, 0.717) is 0 Å². The van der Waals surface area contributed by atoms with Gasteiger partial charge in [0.05, 0.1) is 18.5 Å². The third-order valence-corrected chi connectivity index (χ3v) is 4.01. The molecule has 0 atom stereocenters. The largest absolute Gasteiger partial charge is 0.496 e. The molecule has 0 aliphatic rings.